The van der Waals surface area contributed by atoms with Crippen LogP contribution in [-0.4, -0.2) is 33.0 Å². The van der Waals surface area contributed by atoms with Crippen LogP contribution in [0.2, 0.25) is 0 Å². The average molecular weight is 249 g/mol. The predicted molar refractivity (Wildman–Crippen MR) is 70.9 cm³/mol. The zero-order valence-corrected chi connectivity index (χ0v) is 10.6. The summed E-state index contributed by atoms with van der Waals surface area (Å²) in [5, 5.41) is 0. The van der Waals surface area contributed by atoms with Gasteiger partial charge in [-0.05, 0) is 6.07 Å². The molecule has 18 heavy (non-hydrogen) atoms. The summed E-state index contributed by atoms with van der Waals surface area (Å²) >= 11 is 0. The highest BCUT2D eigenvalue weighted by molar-refractivity contribution is 5.62. The fourth-order valence-electron chi connectivity index (χ4n) is 1.96. The number of hydrogen-bond acceptors (Lipinski definition) is 4. The fraction of sp³-hybridized carbons (Fsp3) is 0.429. The van der Waals surface area contributed by atoms with E-state index in [1.807, 2.05) is 30.4 Å². The van der Waals surface area contributed by atoms with Gasteiger partial charge in [-0.2, -0.15) is 0 Å². The summed E-state index contributed by atoms with van der Waals surface area (Å²) < 4.78 is 16.6. The Morgan fingerprint density at radius 2 is 2.39 bits per heavy atom. The average Bonchev–Trinajstić information content (AvgIpc) is 2.89. The van der Waals surface area contributed by atoms with Crippen molar-refractivity contribution in [1.29, 1.82) is 0 Å². The normalized spacial score (nSPS) is 19.3. The van der Waals surface area contributed by atoms with Gasteiger partial charge in [0.15, 0.2) is 11.5 Å². The first-order chi connectivity index (χ1) is 8.85. The summed E-state index contributed by atoms with van der Waals surface area (Å²) in [6.07, 6.45) is 4.87. The minimum Gasteiger partial charge on any atom is -0.492 e. The zero-order valence-electron chi connectivity index (χ0n) is 10.6. The van der Waals surface area contributed by atoms with E-state index in [4.69, 9.17) is 19.9 Å². The molecule has 1 saturated heterocycles. The van der Waals surface area contributed by atoms with E-state index in [-0.39, 0.29) is 6.10 Å². The van der Waals surface area contributed by atoms with Crippen LogP contribution in [0, 0.1) is 0 Å². The maximum Gasteiger partial charge on any atom is 0.167 e. The molecule has 0 aromatic heterocycles. The van der Waals surface area contributed by atoms with E-state index in [2.05, 4.69) is 0 Å². The summed E-state index contributed by atoms with van der Waals surface area (Å²) in [7, 11) is 1.65. The second-order valence-corrected chi connectivity index (χ2v) is 4.12. The molecule has 4 nitrogen and oxygen atoms in total. The molecule has 1 unspecified atom stereocenters. The van der Waals surface area contributed by atoms with Crippen LogP contribution in [0.4, 0.5) is 0 Å². The van der Waals surface area contributed by atoms with Gasteiger partial charge in [-0.25, -0.2) is 0 Å². The number of methoxy groups -OCH3 is 1. The molecule has 1 atom stereocenters. The monoisotopic (exact) mass is 249 g/mol. The summed E-state index contributed by atoms with van der Waals surface area (Å²) in [5.74, 6) is 1.50. The molecular weight excluding hydrogens is 230 g/mol. The molecule has 4 heteroatoms. The number of ether oxygens (including phenoxy) is 3. The number of benzene rings is 1. The lowest BCUT2D eigenvalue weighted by molar-refractivity contribution is 0.138. The first kappa shape index (κ1) is 12.9. The van der Waals surface area contributed by atoms with Crippen molar-refractivity contribution in [2.24, 2.45) is 5.73 Å². The van der Waals surface area contributed by atoms with Crippen LogP contribution >= 0.6 is 0 Å². The molecule has 2 N–H and O–H groups in total. The smallest absolute Gasteiger partial charge is 0.167 e. The largest absolute Gasteiger partial charge is 0.492 e. The van der Waals surface area contributed by atoms with Gasteiger partial charge in [0.25, 0.3) is 0 Å². The van der Waals surface area contributed by atoms with Gasteiger partial charge in [-0.15, -0.1) is 0 Å². The van der Waals surface area contributed by atoms with Crippen molar-refractivity contribution in [2.75, 3.05) is 26.9 Å². The second-order valence-electron chi connectivity index (χ2n) is 4.12. The van der Waals surface area contributed by atoms with Crippen LogP contribution in [0.15, 0.2) is 24.3 Å². The fourth-order valence-corrected chi connectivity index (χ4v) is 1.96. The van der Waals surface area contributed by atoms with Crippen LogP contribution in [0.1, 0.15) is 12.0 Å². The summed E-state index contributed by atoms with van der Waals surface area (Å²) in [5.41, 5.74) is 6.43. The quantitative estimate of drug-likeness (QED) is 0.865. The third-order valence-corrected chi connectivity index (χ3v) is 2.83. The molecule has 1 aliphatic rings. The Morgan fingerprint density at radius 1 is 1.50 bits per heavy atom. The molecule has 1 aromatic carbocycles. The molecule has 1 fully saturated rings. The Labute approximate surface area is 107 Å². The van der Waals surface area contributed by atoms with E-state index < -0.39 is 0 Å². The molecule has 98 valence electrons. The zero-order chi connectivity index (χ0) is 12.8. The molecule has 0 aliphatic carbocycles. The topological polar surface area (TPSA) is 53.7 Å². The molecule has 2 rings (SSSR count). The lowest BCUT2D eigenvalue weighted by atomic mass is 10.1. The highest BCUT2D eigenvalue weighted by Gasteiger charge is 2.19. The van der Waals surface area contributed by atoms with Gasteiger partial charge in [-0.1, -0.05) is 24.3 Å². The van der Waals surface area contributed by atoms with Crippen LogP contribution in [-0.2, 0) is 4.74 Å². The van der Waals surface area contributed by atoms with Gasteiger partial charge in [0, 0.05) is 18.5 Å². The predicted octanol–water partition coefficient (Wildman–Crippen LogP) is 1.83. The number of hydrogen-bond donors (Lipinski definition) is 1. The van der Waals surface area contributed by atoms with E-state index in [0.29, 0.717) is 13.2 Å². The number of nitrogens with two attached hydrogens (primary N) is 1. The Kier molecular flexibility index (Phi) is 4.61. The lowest BCUT2D eigenvalue weighted by Crippen LogP contribution is -2.16. The number of para-hydroxylation sites is 1. The van der Waals surface area contributed by atoms with Crippen LogP contribution in [0.5, 0.6) is 11.5 Å². The molecule has 0 bridgehead atoms. The van der Waals surface area contributed by atoms with E-state index in [1.165, 1.54) is 0 Å². The standard InChI is InChI=1S/C14H19NO3/c1-16-14-11(5-3-8-15)4-2-6-13(14)18-12-7-9-17-10-12/h2-6,12H,7-10,15H2,1H3/b5-3+. The highest BCUT2D eigenvalue weighted by Crippen LogP contribution is 2.33. The highest BCUT2D eigenvalue weighted by atomic mass is 16.6. The van der Waals surface area contributed by atoms with Crippen molar-refractivity contribution < 1.29 is 14.2 Å². The first-order valence-corrected chi connectivity index (χ1v) is 6.13. The Hall–Kier alpha value is -1.52. The molecular formula is C14H19NO3. The molecule has 0 spiro atoms. The van der Waals surface area contributed by atoms with Crippen LogP contribution in [0.3, 0.4) is 0 Å². The van der Waals surface area contributed by atoms with Gasteiger partial charge >= 0.3 is 0 Å². The third kappa shape index (κ3) is 3.03. The molecule has 0 amide bonds. The Morgan fingerprint density at radius 3 is 3.06 bits per heavy atom. The van der Waals surface area contributed by atoms with Crippen molar-refractivity contribution in [3.8, 4) is 11.5 Å². The lowest BCUT2D eigenvalue weighted by Gasteiger charge is -2.16. The van der Waals surface area contributed by atoms with Gasteiger partial charge in [0.1, 0.15) is 6.10 Å². The molecule has 0 radical (unpaired) electrons. The Balaban J connectivity index is 2.20. The van der Waals surface area contributed by atoms with Crippen molar-refractivity contribution in [2.45, 2.75) is 12.5 Å². The van der Waals surface area contributed by atoms with Crippen molar-refractivity contribution >= 4 is 6.08 Å². The summed E-state index contributed by atoms with van der Waals surface area (Å²) in [6, 6.07) is 5.84. The molecule has 1 aliphatic heterocycles. The maximum atomic E-state index is 5.90. The van der Waals surface area contributed by atoms with Gasteiger partial charge in [0.2, 0.25) is 0 Å². The van der Waals surface area contributed by atoms with E-state index >= 15 is 0 Å². The minimum absolute atomic E-state index is 0.118. The second kappa shape index (κ2) is 6.42. The molecule has 1 aromatic rings. The van der Waals surface area contributed by atoms with E-state index in [9.17, 15) is 0 Å². The van der Waals surface area contributed by atoms with Gasteiger partial charge in [0.05, 0.1) is 20.3 Å². The van der Waals surface area contributed by atoms with Crippen molar-refractivity contribution in [1.82, 2.24) is 0 Å². The minimum atomic E-state index is 0.118. The van der Waals surface area contributed by atoms with Crippen molar-refractivity contribution in [3.05, 3.63) is 29.8 Å². The third-order valence-electron chi connectivity index (χ3n) is 2.83. The van der Waals surface area contributed by atoms with Crippen LogP contribution < -0.4 is 15.2 Å². The van der Waals surface area contributed by atoms with Gasteiger partial charge in [-0.3, -0.25) is 0 Å². The van der Waals surface area contributed by atoms with Gasteiger partial charge < -0.3 is 19.9 Å². The Bertz CT molecular complexity index is 412. The molecule has 0 saturated carbocycles. The first-order valence-electron chi connectivity index (χ1n) is 6.13. The number of rotatable bonds is 5. The van der Waals surface area contributed by atoms with E-state index in [1.54, 1.807) is 7.11 Å². The maximum absolute atomic E-state index is 5.90. The molecule has 1 heterocycles. The SMILES string of the molecule is COc1c(/C=C/CN)cccc1OC1CCOC1. The summed E-state index contributed by atoms with van der Waals surface area (Å²) in [6.45, 7) is 1.91. The van der Waals surface area contributed by atoms with Crippen LogP contribution in [0.25, 0.3) is 6.08 Å². The van der Waals surface area contributed by atoms with E-state index in [0.717, 1.165) is 30.1 Å². The van der Waals surface area contributed by atoms with Crippen molar-refractivity contribution in [3.63, 3.8) is 0 Å². The summed E-state index contributed by atoms with van der Waals surface area (Å²) in [4.78, 5) is 0.